The molecule has 20 heavy (non-hydrogen) atoms. The smallest absolute Gasteiger partial charge is 0.217 e. The highest BCUT2D eigenvalue weighted by Crippen LogP contribution is 2.54. The molecular formula is C17H24N2O. The number of hydrogen-bond donors (Lipinski definition) is 2. The van der Waals surface area contributed by atoms with Gasteiger partial charge in [0, 0.05) is 6.92 Å². The van der Waals surface area contributed by atoms with Crippen molar-refractivity contribution in [1.82, 2.24) is 5.32 Å². The van der Waals surface area contributed by atoms with Crippen LogP contribution in [0.15, 0.2) is 24.3 Å². The molecule has 0 aliphatic heterocycles. The Morgan fingerprint density at radius 3 is 2.70 bits per heavy atom. The Hall–Kier alpha value is -1.35. The largest absolute Gasteiger partial charge is 0.349 e. The molecule has 0 aromatic heterocycles. The highest BCUT2D eigenvalue weighted by molar-refractivity contribution is 5.74. The van der Waals surface area contributed by atoms with Gasteiger partial charge < -0.3 is 11.1 Å². The lowest BCUT2D eigenvalue weighted by Crippen LogP contribution is -2.41. The molecule has 0 radical (unpaired) electrons. The maximum Gasteiger partial charge on any atom is 0.217 e. The summed E-state index contributed by atoms with van der Waals surface area (Å²) in [5, 5.41) is 3.22. The number of rotatable bonds is 2. The minimum atomic E-state index is 0.0760. The molecule has 0 saturated heterocycles. The fourth-order valence-electron chi connectivity index (χ4n) is 4.18. The van der Waals surface area contributed by atoms with E-state index < -0.39 is 0 Å². The lowest BCUT2D eigenvalue weighted by molar-refractivity contribution is -0.120. The number of nitrogens with two attached hydrogens (primary N) is 1. The molecule has 0 bridgehead atoms. The molecule has 1 aromatic carbocycles. The predicted octanol–water partition coefficient (Wildman–Crippen LogP) is 2.56. The van der Waals surface area contributed by atoms with E-state index in [-0.39, 0.29) is 17.4 Å². The van der Waals surface area contributed by atoms with Crippen LogP contribution in [0.2, 0.25) is 0 Å². The average Bonchev–Trinajstić information content (AvgIpc) is 2.73. The second-order valence-corrected chi connectivity index (χ2v) is 6.55. The van der Waals surface area contributed by atoms with Crippen LogP contribution < -0.4 is 11.1 Å². The fraction of sp³-hybridized carbons (Fsp3) is 0.588. The van der Waals surface area contributed by atoms with Crippen LogP contribution in [-0.4, -0.2) is 12.5 Å². The molecule has 3 N–H and O–H groups in total. The van der Waals surface area contributed by atoms with Crippen molar-refractivity contribution < 1.29 is 4.79 Å². The van der Waals surface area contributed by atoms with Crippen molar-refractivity contribution >= 4 is 5.91 Å². The molecule has 1 fully saturated rings. The van der Waals surface area contributed by atoms with Gasteiger partial charge in [0.25, 0.3) is 0 Å². The zero-order chi connectivity index (χ0) is 14.2. The van der Waals surface area contributed by atoms with Gasteiger partial charge in [0.1, 0.15) is 0 Å². The van der Waals surface area contributed by atoms with E-state index in [1.807, 2.05) is 0 Å². The summed E-state index contributed by atoms with van der Waals surface area (Å²) in [5.74, 6) is 0.745. The van der Waals surface area contributed by atoms with Gasteiger partial charge in [0.2, 0.25) is 5.91 Å². The molecule has 1 unspecified atom stereocenters. The Labute approximate surface area is 120 Å². The summed E-state index contributed by atoms with van der Waals surface area (Å²) in [6.45, 7) is 2.42. The molecule has 0 heterocycles. The first-order chi connectivity index (χ1) is 9.64. The van der Waals surface area contributed by atoms with Crippen LogP contribution in [0.5, 0.6) is 0 Å². The van der Waals surface area contributed by atoms with Crippen molar-refractivity contribution in [2.75, 3.05) is 6.54 Å². The summed E-state index contributed by atoms with van der Waals surface area (Å²) in [6, 6.07) is 8.77. The third kappa shape index (κ3) is 2.24. The van der Waals surface area contributed by atoms with Gasteiger partial charge in [-0.3, -0.25) is 4.79 Å². The van der Waals surface area contributed by atoms with Crippen LogP contribution in [0.4, 0.5) is 0 Å². The van der Waals surface area contributed by atoms with E-state index in [1.54, 1.807) is 6.92 Å². The third-order valence-electron chi connectivity index (χ3n) is 5.30. The summed E-state index contributed by atoms with van der Waals surface area (Å²) >= 11 is 0. The van der Waals surface area contributed by atoms with Crippen molar-refractivity contribution in [3.8, 4) is 0 Å². The zero-order valence-corrected chi connectivity index (χ0v) is 12.2. The quantitative estimate of drug-likeness (QED) is 0.869. The van der Waals surface area contributed by atoms with Gasteiger partial charge in [-0.2, -0.15) is 0 Å². The van der Waals surface area contributed by atoms with Crippen molar-refractivity contribution in [1.29, 1.82) is 0 Å². The molecule has 1 spiro atoms. The summed E-state index contributed by atoms with van der Waals surface area (Å²) in [6.07, 6.45) is 5.84. The molecule has 1 amide bonds. The number of hydrogen-bond acceptors (Lipinski definition) is 2. The molecule has 108 valence electrons. The number of nitrogens with one attached hydrogen (secondary N) is 1. The lowest BCUT2D eigenvalue weighted by atomic mass is 9.66. The van der Waals surface area contributed by atoms with Gasteiger partial charge in [0.15, 0.2) is 0 Å². The van der Waals surface area contributed by atoms with E-state index in [4.69, 9.17) is 5.73 Å². The van der Waals surface area contributed by atoms with Crippen LogP contribution in [0.25, 0.3) is 0 Å². The first kappa shape index (κ1) is 13.6. The summed E-state index contributed by atoms with van der Waals surface area (Å²) in [7, 11) is 0. The van der Waals surface area contributed by atoms with Crippen LogP contribution in [0.3, 0.4) is 0 Å². The van der Waals surface area contributed by atoms with Crippen LogP contribution in [0.1, 0.15) is 49.8 Å². The first-order valence-corrected chi connectivity index (χ1v) is 7.69. The predicted molar refractivity (Wildman–Crippen MR) is 80.1 cm³/mol. The highest BCUT2D eigenvalue weighted by Gasteiger charge is 2.47. The number of carbonyl (C=O) groups excluding carboxylic acids is 1. The number of carbonyl (C=O) groups is 1. The van der Waals surface area contributed by atoms with Crippen molar-refractivity contribution in [3.05, 3.63) is 35.4 Å². The topological polar surface area (TPSA) is 55.1 Å². The van der Waals surface area contributed by atoms with Gasteiger partial charge >= 0.3 is 0 Å². The fourth-order valence-corrected chi connectivity index (χ4v) is 4.18. The molecule has 1 atom stereocenters. The Balaban J connectivity index is 1.90. The Bertz CT molecular complexity index is 503. The van der Waals surface area contributed by atoms with E-state index >= 15 is 0 Å². The van der Waals surface area contributed by atoms with Crippen molar-refractivity contribution in [2.24, 2.45) is 17.1 Å². The molecule has 2 aliphatic carbocycles. The van der Waals surface area contributed by atoms with Gasteiger partial charge in [0.05, 0.1) is 6.04 Å². The van der Waals surface area contributed by atoms with E-state index in [2.05, 4.69) is 29.6 Å². The van der Waals surface area contributed by atoms with E-state index in [9.17, 15) is 4.79 Å². The average molecular weight is 272 g/mol. The highest BCUT2D eigenvalue weighted by atomic mass is 16.1. The maximum absolute atomic E-state index is 11.6. The zero-order valence-electron chi connectivity index (χ0n) is 12.2. The second kappa shape index (κ2) is 5.21. The van der Waals surface area contributed by atoms with Crippen molar-refractivity contribution in [3.63, 3.8) is 0 Å². The molecule has 3 rings (SSSR count). The van der Waals surface area contributed by atoms with E-state index in [0.717, 1.165) is 13.0 Å². The van der Waals surface area contributed by atoms with Gasteiger partial charge in [-0.15, -0.1) is 0 Å². The number of fused-ring (bicyclic) bond motifs is 1. The monoisotopic (exact) mass is 272 g/mol. The maximum atomic E-state index is 11.6. The van der Waals surface area contributed by atoms with Crippen LogP contribution in [-0.2, 0) is 11.2 Å². The second-order valence-electron chi connectivity index (χ2n) is 6.55. The molecule has 1 aromatic rings. The van der Waals surface area contributed by atoms with Gasteiger partial charge in [-0.05, 0) is 61.1 Å². The van der Waals surface area contributed by atoms with Gasteiger partial charge in [-0.25, -0.2) is 0 Å². The standard InChI is InChI=1S/C17H24N2O/c1-12(20)19-16-15-5-3-2-4-14(15)10-17(16)8-6-13(11-18)7-9-17/h2-5,13,16H,6-11,18H2,1H3,(H,19,20). The first-order valence-electron chi connectivity index (χ1n) is 7.69. The molecule has 3 nitrogen and oxygen atoms in total. The lowest BCUT2D eigenvalue weighted by Gasteiger charge is -2.42. The molecular weight excluding hydrogens is 248 g/mol. The molecule has 3 heteroatoms. The van der Waals surface area contributed by atoms with Gasteiger partial charge in [-0.1, -0.05) is 24.3 Å². The number of amides is 1. The molecule has 2 aliphatic rings. The van der Waals surface area contributed by atoms with Crippen molar-refractivity contribution in [2.45, 2.75) is 45.1 Å². The molecule has 1 saturated carbocycles. The van der Waals surface area contributed by atoms with E-state index in [0.29, 0.717) is 5.92 Å². The number of benzene rings is 1. The Morgan fingerprint density at radius 2 is 2.05 bits per heavy atom. The Morgan fingerprint density at radius 1 is 1.35 bits per heavy atom. The minimum absolute atomic E-state index is 0.0760. The van der Waals surface area contributed by atoms with Crippen LogP contribution >= 0.6 is 0 Å². The summed E-state index contributed by atoms with van der Waals surface area (Å²) in [4.78, 5) is 11.6. The summed E-state index contributed by atoms with van der Waals surface area (Å²) < 4.78 is 0. The van der Waals surface area contributed by atoms with Crippen LogP contribution in [0, 0.1) is 11.3 Å². The minimum Gasteiger partial charge on any atom is -0.349 e. The third-order valence-corrected chi connectivity index (χ3v) is 5.30. The normalized spacial score (nSPS) is 32.1. The van der Waals surface area contributed by atoms with E-state index in [1.165, 1.54) is 36.8 Å². The SMILES string of the molecule is CC(=O)NC1c2ccccc2CC12CCC(CN)CC2. The Kier molecular flexibility index (Phi) is 3.55. The summed E-state index contributed by atoms with van der Waals surface area (Å²) in [5.41, 5.74) is 8.79.